The lowest BCUT2D eigenvalue weighted by atomic mass is 10.1. The van der Waals surface area contributed by atoms with E-state index in [1.165, 1.54) is 30.1 Å². The van der Waals surface area contributed by atoms with Crippen molar-refractivity contribution in [3.8, 4) is 17.2 Å². The van der Waals surface area contributed by atoms with Crippen LogP contribution in [0.5, 0.6) is 5.88 Å². The number of halogens is 3. The fourth-order valence-electron chi connectivity index (χ4n) is 2.57. The fraction of sp³-hybridized carbons (Fsp3) is 0.278. The predicted octanol–water partition coefficient (Wildman–Crippen LogP) is 5.03. The third-order valence-corrected chi connectivity index (χ3v) is 4.89. The lowest BCUT2D eigenvalue weighted by Gasteiger charge is -2.07. The first-order valence-corrected chi connectivity index (χ1v) is 9.20. The molecule has 3 aromatic rings. The molecule has 1 aliphatic rings. The molecule has 2 aromatic heterocycles. The van der Waals surface area contributed by atoms with E-state index >= 15 is 0 Å². The standard InChI is InChI=1S/C18H14F3N3O2S/c19-18(20,21)12-3-1-2-11(6-12)14-8-22-16(26-14)9-27-17-23-13(10-4-5-10)7-15(25)24-17/h1-3,6-8,10H,4-5,9H2,(H,23,24,25). The maximum atomic E-state index is 12.8. The Bertz CT molecular complexity index is 970. The van der Waals surface area contributed by atoms with E-state index in [-0.39, 0.29) is 11.6 Å². The van der Waals surface area contributed by atoms with Gasteiger partial charge in [-0.15, -0.1) is 0 Å². The minimum absolute atomic E-state index is 0.0774. The van der Waals surface area contributed by atoms with E-state index in [0.717, 1.165) is 30.7 Å². The van der Waals surface area contributed by atoms with E-state index in [1.807, 2.05) is 0 Å². The smallest absolute Gasteiger partial charge is 0.416 e. The second-order valence-corrected chi connectivity index (χ2v) is 7.14. The summed E-state index contributed by atoms with van der Waals surface area (Å²) in [5, 5.41) is 10.1. The van der Waals surface area contributed by atoms with Crippen LogP contribution < -0.4 is 0 Å². The normalized spacial score (nSPS) is 14.5. The maximum absolute atomic E-state index is 12.8. The lowest BCUT2D eigenvalue weighted by molar-refractivity contribution is -0.137. The highest BCUT2D eigenvalue weighted by atomic mass is 32.2. The number of rotatable bonds is 5. The van der Waals surface area contributed by atoms with Gasteiger partial charge in [-0.3, -0.25) is 0 Å². The van der Waals surface area contributed by atoms with Crippen LogP contribution in [0, 0.1) is 0 Å². The van der Waals surface area contributed by atoms with Crippen molar-refractivity contribution in [2.24, 2.45) is 0 Å². The summed E-state index contributed by atoms with van der Waals surface area (Å²) in [6.07, 6.45) is -0.910. The van der Waals surface area contributed by atoms with Crippen LogP contribution in [0.3, 0.4) is 0 Å². The number of hydrogen-bond acceptors (Lipinski definition) is 6. The summed E-state index contributed by atoms with van der Waals surface area (Å²) in [5.41, 5.74) is 0.383. The Kier molecular flexibility index (Phi) is 4.55. The number of aromatic nitrogens is 3. The number of hydrogen-bond donors (Lipinski definition) is 1. The van der Waals surface area contributed by atoms with Crippen LogP contribution >= 0.6 is 11.8 Å². The van der Waals surface area contributed by atoms with Crippen LogP contribution in [-0.4, -0.2) is 20.1 Å². The number of alkyl halides is 3. The van der Waals surface area contributed by atoms with Crippen LogP contribution in [0.25, 0.3) is 11.3 Å². The number of benzene rings is 1. The molecule has 9 heteroatoms. The summed E-state index contributed by atoms with van der Waals surface area (Å²) in [4.78, 5) is 12.5. The zero-order valence-electron chi connectivity index (χ0n) is 13.9. The Labute approximate surface area is 156 Å². The molecule has 1 aromatic carbocycles. The Morgan fingerprint density at radius 2 is 2.00 bits per heavy atom. The first kappa shape index (κ1) is 17.8. The summed E-state index contributed by atoms with van der Waals surface area (Å²) in [6, 6.07) is 6.46. The molecule has 0 radical (unpaired) electrons. The van der Waals surface area contributed by atoms with Crippen LogP contribution in [0.15, 0.2) is 46.1 Å². The molecule has 2 heterocycles. The molecule has 0 saturated heterocycles. The van der Waals surface area contributed by atoms with Crippen molar-refractivity contribution in [3.63, 3.8) is 0 Å². The van der Waals surface area contributed by atoms with E-state index in [0.29, 0.717) is 28.3 Å². The Hall–Kier alpha value is -2.55. The Morgan fingerprint density at radius 3 is 2.74 bits per heavy atom. The highest BCUT2D eigenvalue weighted by molar-refractivity contribution is 7.98. The van der Waals surface area contributed by atoms with Gasteiger partial charge in [0, 0.05) is 17.5 Å². The average molecular weight is 393 g/mol. The fourth-order valence-corrected chi connectivity index (χ4v) is 3.28. The van der Waals surface area contributed by atoms with Crippen molar-refractivity contribution in [2.45, 2.75) is 35.8 Å². The second kappa shape index (κ2) is 6.88. The zero-order valence-corrected chi connectivity index (χ0v) is 14.7. The van der Waals surface area contributed by atoms with E-state index in [1.54, 1.807) is 6.07 Å². The van der Waals surface area contributed by atoms with Crippen molar-refractivity contribution >= 4 is 11.8 Å². The van der Waals surface area contributed by atoms with Gasteiger partial charge < -0.3 is 9.52 Å². The molecule has 0 aliphatic heterocycles. The first-order valence-electron chi connectivity index (χ1n) is 8.21. The predicted molar refractivity (Wildman–Crippen MR) is 92.2 cm³/mol. The summed E-state index contributed by atoms with van der Waals surface area (Å²) >= 11 is 1.24. The molecule has 1 aliphatic carbocycles. The Balaban J connectivity index is 1.47. The molecule has 0 amide bonds. The molecule has 0 unspecified atom stereocenters. The highest BCUT2D eigenvalue weighted by Crippen LogP contribution is 2.40. The van der Waals surface area contributed by atoms with Gasteiger partial charge in [0.1, 0.15) is 0 Å². The number of aromatic hydroxyl groups is 1. The molecule has 1 N–H and O–H groups in total. The van der Waals surface area contributed by atoms with Crippen molar-refractivity contribution < 1.29 is 22.7 Å². The largest absolute Gasteiger partial charge is 0.493 e. The van der Waals surface area contributed by atoms with Crippen LogP contribution in [-0.2, 0) is 11.9 Å². The van der Waals surface area contributed by atoms with E-state index in [9.17, 15) is 18.3 Å². The van der Waals surface area contributed by atoms with E-state index < -0.39 is 11.7 Å². The van der Waals surface area contributed by atoms with Gasteiger partial charge in [-0.1, -0.05) is 23.9 Å². The maximum Gasteiger partial charge on any atom is 0.416 e. The molecule has 5 nitrogen and oxygen atoms in total. The Morgan fingerprint density at radius 1 is 1.19 bits per heavy atom. The van der Waals surface area contributed by atoms with Crippen LogP contribution in [0.4, 0.5) is 13.2 Å². The molecule has 0 spiro atoms. The average Bonchev–Trinajstić information content (AvgIpc) is 3.37. The topological polar surface area (TPSA) is 72.0 Å². The monoisotopic (exact) mass is 393 g/mol. The highest BCUT2D eigenvalue weighted by Gasteiger charge is 2.30. The summed E-state index contributed by atoms with van der Waals surface area (Å²) in [6.45, 7) is 0. The molecular weight excluding hydrogens is 379 g/mol. The summed E-state index contributed by atoms with van der Waals surface area (Å²) in [7, 11) is 0. The number of nitrogens with zero attached hydrogens (tertiary/aromatic N) is 3. The van der Waals surface area contributed by atoms with E-state index in [4.69, 9.17) is 4.42 Å². The van der Waals surface area contributed by atoms with Crippen LogP contribution in [0.2, 0.25) is 0 Å². The minimum Gasteiger partial charge on any atom is -0.493 e. The molecule has 0 bridgehead atoms. The second-order valence-electron chi connectivity index (χ2n) is 6.19. The quantitative estimate of drug-likeness (QED) is 0.484. The van der Waals surface area contributed by atoms with Crippen molar-refractivity contribution in [1.82, 2.24) is 15.0 Å². The molecule has 27 heavy (non-hydrogen) atoms. The van der Waals surface area contributed by atoms with Crippen molar-refractivity contribution in [3.05, 3.63) is 53.7 Å². The number of oxazole rings is 1. The van der Waals surface area contributed by atoms with Gasteiger partial charge in [-0.25, -0.2) is 9.97 Å². The van der Waals surface area contributed by atoms with E-state index in [2.05, 4.69) is 15.0 Å². The molecule has 4 rings (SSSR count). The third kappa shape index (κ3) is 4.24. The summed E-state index contributed by atoms with van der Waals surface area (Å²) < 4.78 is 44.1. The van der Waals surface area contributed by atoms with Gasteiger partial charge in [-0.05, 0) is 25.0 Å². The molecule has 0 atom stereocenters. The molecule has 1 saturated carbocycles. The molecule has 1 fully saturated rings. The van der Waals surface area contributed by atoms with Crippen molar-refractivity contribution in [1.29, 1.82) is 0 Å². The minimum atomic E-state index is -4.42. The SMILES string of the molecule is Oc1cc(C2CC2)nc(SCc2ncc(-c3cccc(C(F)(F)F)c3)o2)n1. The molecular formula is C18H14F3N3O2S. The van der Waals surface area contributed by atoms with Gasteiger partial charge >= 0.3 is 6.18 Å². The van der Waals surface area contributed by atoms with Crippen molar-refractivity contribution in [2.75, 3.05) is 0 Å². The van der Waals surface area contributed by atoms with Crippen LogP contribution in [0.1, 0.15) is 35.9 Å². The summed E-state index contributed by atoms with van der Waals surface area (Å²) in [5.74, 6) is 1.20. The van der Waals surface area contributed by atoms with Gasteiger partial charge in [0.05, 0.1) is 23.2 Å². The number of thioether (sulfide) groups is 1. The van der Waals surface area contributed by atoms with Gasteiger partial charge in [0.15, 0.2) is 10.9 Å². The van der Waals surface area contributed by atoms with Gasteiger partial charge in [0.2, 0.25) is 11.8 Å². The van der Waals surface area contributed by atoms with Gasteiger partial charge in [0.25, 0.3) is 0 Å². The zero-order chi connectivity index (χ0) is 19.0. The first-order chi connectivity index (χ1) is 12.9. The lowest BCUT2D eigenvalue weighted by Crippen LogP contribution is -2.04. The third-order valence-electron chi connectivity index (χ3n) is 4.06. The van der Waals surface area contributed by atoms with Gasteiger partial charge in [-0.2, -0.15) is 18.2 Å². The molecule has 140 valence electrons.